The number of benzene rings is 2. The second-order valence-electron chi connectivity index (χ2n) is 5.05. The molecule has 0 bridgehead atoms. The van der Waals surface area contributed by atoms with Crippen LogP contribution in [-0.4, -0.2) is 16.1 Å². The molecule has 1 aromatic heterocycles. The summed E-state index contributed by atoms with van der Waals surface area (Å²) in [6.07, 6.45) is 0. The zero-order chi connectivity index (χ0) is 14.2. The van der Waals surface area contributed by atoms with Gasteiger partial charge >= 0.3 is 0 Å². The van der Waals surface area contributed by atoms with E-state index >= 15 is 0 Å². The first-order valence-electron chi connectivity index (χ1n) is 6.75. The average Bonchev–Trinajstić information content (AvgIpc) is 3.13. The van der Waals surface area contributed by atoms with Gasteiger partial charge in [-0.15, -0.1) is 0 Å². The molecule has 2 aromatic carbocycles. The van der Waals surface area contributed by atoms with Crippen LogP contribution in [0.4, 0.5) is 5.82 Å². The van der Waals surface area contributed by atoms with E-state index in [-0.39, 0.29) is 5.91 Å². The van der Waals surface area contributed by atoms with Crippen LogP contribution >= 0.6 is 0 Å². The SMILES string of the molecule is O=C(Nc1n[nH]c2ccccc12)c1ccc2c(c1)COC2. The Labute approximate surface area is 120 Å². The van der Waals surface area contributed by atoms with Gasteiger partial charge in [0.15, 0.2) is 5.82 Å². The largest absolute Gasteiger partial charge is 0.372 e. The number of carbonyl (C=O) groups is 1. The van der Waals surface area contributed by atoms with Gasteiger partial charge in [-0.25, -0.2) is 0 Å². The molecular formula is C16H13N3O2. The first kappa shape index (κ1) is 12.1. The summed E-state index contributed by atoms with van der Waals surface area (Å²) in [6.45, 7) is 1.20. The lowest BCUT2D eigenvalue weighted by atomic mass is 10.1. The molecule has 1 aliphatic rings. The topological polar surface area (TPSA) is 67.0 Å². The van der Waals surface area contributed by atoms with Crippen LogP contribution in [0.2, 0.25) is 0 Å². The minimum atomic E-state index is -0.165. The molecule has 104 valence electrons. The third-order valence-corrected chi connectivity index (χ3v) is 3.69. The van der Waals surface area contributed by atoms with Crippen LogP contribution in [0.15, 0.2) is 42.5 Å². The van der Waals surface area contributed by atoms with Gasteiger partial charge in [0.1, 0.15) is 0 Å². The molecule has 2 N–H and O–H groups in total. The average molecular weight is 279 g/mol. The summed E-state index contributed by atoms with van der Waals surface area (Å²) in [5, 5.41) is 10.8. The number of carbonyl (C=O) groups excluding carboxylic acids is 1. The van der Waals surface area contributed by atoms with Crippen molar-refractivity contribution in [1.29, 1.82) is 0 Å². The zero-order valence-electron chi connectivity index (χ0n) is 11.2. The minimum Gasteiger partial charge on any atom is -0.372 e. The molecule has 0 spiro atoms. The first-order valence-corrected chi connectivity index (χ1v) is 6.75. The molecule has 5 nitrogen and oxygen atoms in total. The number of nitrogens with zero attached hydrogens (tertiary/aromatic N) is 1. The Balaban J connectivity index is 1.63. The molecule has 0 fully saturated rings. The number of para-hydroxylation sites is 1. The summed E-state index contributed by atoms with van der Waals surface area (Å²) in [7, 11) is 0. The minimum absolute atomic E-state index is 0.165. The van der Waals surface area contributed by atoms with E-state index in [0.29, 0.717) is 24.6 Å². The highest BCUT2D eigenvalue weighted by molar-refractivity contribution is 6.07. The Morgan fingerprint density at radius 3 is 2.95 bits per heavy atom. The molecule has 0 aliphatic carbocycles. The van der Waals surface area contributed by atoms with Crippen molar-refractivity contribution in [2.75, 3.05) is 5.32 Å². The van der Waals surface area contributed by atoms with Crippen molar-refractivity contribution in [2.24, 2.45) is 0 Å². The van der Waals surface area contributed by atoms with E-state index in [1.54, 1.807) is 0 Å². The first-order chi connectivity index (χ1) is 10.3. The van der Waals surface area contributed by atoms with Gasteiger partial charge in [0, 0.05) is 10.9 Å². The molecule has 0 saturated carbocycles. The van der Waals surface area contributed by atoms with Crippen molar-refractivity contribution in [3.05, 3.63) is 59.2 Å². The van der Waals surface area contributed by atoms with Crippen LogP contribution in [0.1, 0.15) is 21.5 Å². The number of anilines is 1. The maximum Gasteiger partial charge on any atom is 0.256 e. The zero-order valence-corrected chi connectivity index (χ0v) is 11.2. The summed E-state index contributed by atoms with van der Waals surface area (Å²) >= 11 is 0. The van der Waals surface area contributed by atoms with Gasteiger partial charge in [-0.3, -0.25) is 9.89 Å². The van der Waals surface area contributed by atoms with Crippen molar-refractivity contribution in [1.82, 2.24) is 10.2 Å². The molecule has 1 amide bonds. The summed E-state index contributed by atoms with van der Waals surface area (Å²) in [6, 6.07) is 13.3. The van der Waals surface area contributed by atoms with Gasteiger partial charge in [-0.2, -0.15) is 5.10 Å². The lowest BCUT2D eigenvalue weighted by molar-refractivity contribution is 0.102. The highest BCUT2D eigenvalue weighted by Crippen LogP contribution is 2.23. The van der Waals surface area contributed by atoms with Gasteiger partial charge in [-0.1, -0.05) is 18.2 Å². The van der Waals surface area contributed by atoms with Crippen molar-refractivity contribution >= 4 is 22.6 Å². The Morgan fingerprint density at radius 1 is 1.14 bits per heavy atom. The summed E-state index contributed by atoms with van der Waals surface area (Å²) in [4.78, 5) is 12.3. The van der Waals surface area contributed by atoms with Gasteiger partial charge < -0.3 is 10.1 Å². The predicted octanol–water partition coefficient (Wildman–Crippen LogP) is 2.85. The number of aromatic amines is 1. The number of fused-ring (bicyclic) bond motifs is 2. The molecule has 21 heavy (non-hydrogen) atoms. The standard InChI is InChI=1S/C16H13N3O2/c20-16(10-5-6-11-8-21-9-12(11)7-10)17-15-13-3-1-2-4-14(13)18-19-15/h1-7H,8-9H2,(H2,17,18,19,20). The summed E-state index contributed by atoms with van der Waals surface area (Å²) in [5.41, 5.74) is 3.74. The Kier molecular flexibility index (Phi) is 2.72. The number of nitrogens with one attached hydrogen (secondary N) is 2. The molecule has 3 aromatic rings. The number of ether oxygens (including phenoxy) is 1. The molecule has 4 rings (SSSR count). The maximum absolute atomic E-state index is 12.3. The van der Waals surface area contributed by atoms with E-state index in [4.69, 9.17) is 4.74 Å². The van der Waals surface area contributed by atoms with Crippen LogP contribution in [0, 0.1) is 0 Å². The second kappa shape index (κ2) is 4.71. The van der Waals surface area contributed by atoms with E-state index in [9.17, 15) is 4.79 Å². The fraction of sp³-hybridized carbons (Fsp3) is 0.125. The highest BCUT2D eigenvalue weighted by atomic mass is 16.5. The smallest absolute Gasteiger partial charge is 0.256 e. The van der Waals surface area contributed by atoms with Crippen LogP contribution in [0.5, 0.6) is 0 Å². The quantitative estimate of drug-likeness (QED) is 0.758. The molecule has 2 heterocycles. The number of H-pyrrole nitrogens is 1. The predicted molar refractivity (Wildman–Crippen MR) is 79.0 cm³/mol. The third kappa shape index (κ3) is 2.08. The van der Waals surface area contributed by atoms with Crippen LogP contribution in [0.25, 0.3) is 10.9 Å². The van der Waals surface area contributed by atoms with Gasteiger partial charge in [-0.05, 0) is 35.4 Å². The number of hydrogen-bond donors (Lipinski definition) is 2. The highest BCUT2D eigenvalue weighted by Gasteiger charge is 2.15. The lowest BCUT2D eigenvalue weighted by Gasteiger charge is -2.04. The Morgan fingerprint density at radius 2 is 2.00 bits per heavy atom. The van der Waals surface area contributed by atoms with E-state index in [2.05, 4.69) is 15.5 Å². The lowest BCUT2D eigenvalue weighted by Crippen LogP contribution is -2.12. The number of aromatic nitrogens is 2. The van der Waals surface area contributed by atoms with Gasteiger partial charge in [0.25, 0.3) is 5.91 Å². The second-order valence-corrected chi connectivity index (χ2v) is 5.05. The maximum atomic E-state index is 12.3. The fourth-order valence-corrected chi connectivity index (χ4v) is 2.55. The van der Waals surface area contributed by atoms with Crippen molar-refractivity contribution in [3.8, 4) is 0 Å². The van der Waals surface area contributed by atoms with Crippen LogP contribution in [-0.2, 0) is 18.0 Å². The number of hydrogen-bond acceptors (Lipinski definition) is 3. The molecule has 0 atom stereocenters. The molecule has 0 saturated heterocycles. The Hall–Kier alpha value is -2.66. The molecular weight excluding hydrogens is 266 g/mol. The van der Waals surface area contributed by atoms with E-state index in [0.717, 1.165) is 22.0 Å². The molecule has 5 heteroatoms. The normalized spacial score (nSPS) is 13.3. The molecule has 0 unspecified atom stereocenters. The third-order valence-electron chi connectivity index (χ3n) is 3.69. The van der Waals surface area contributed by atoms with Crippen LogP contribution < -0.4 is 5.32 Å². The van der Waals surface area contributed by atoms with E-state index in [1.807, 2.05) is 42.5 Å². The van der Waals surface area contributed by atoms with Crippen molar-refractivity contribution in [2.45, 2.75) is 13.2 Å². The Bertz CT molecular complexity index is 838. The molecule has 0 radical (unpaired) electrons. The van der Waals surface area contributed by atoms with E-state index in [1.165, 1.54) is 0 Å². The van der Waals surface area contributed by atoms with Crippen molar-refractivity contribution < 1.29 is 9.53 Å². The summed E-state index contributed by atoms with van der Waals surface area (Å²) < 4.78 is 5.36. The van der Waals surface area contributed by atoms with E-state index < -0.39 is 0 Å². The number of rotatable bonds is 2. The van der Waals surface area contributed by atoms with Gasteiger partial charge in [0.05, 0.1) is 18.7 Å². The summed E-state index contributed by atoms with van der Waals surface area (Å²) in [5.74, 6) is 0.384. The van der Waals surface area contributed by atoms with Gasteiger partial charge in [0.2, 0.25) is 0 Å². The molecule has 1 aliphatic heterocycles. The monoisotopic (exact) mass is 279 g/mol. The number of amides is 1. The fourth-order valence-electron chi connectivity index (χ4n) is 2.55. The van der Waals surface area contributed by atoms with Crippen molar-refractivity contribution in [3.63, 3.8) is 0 Å². The van der Waals surface area contributed by atoms with Crippen LogP contribution in [0.3, 0.4) is 0 Å².